The zero-order valence-electron chi connectivity index (χ0n) is 14.2. The molecule has 24 heavy (non-hydrogen) atoms. The van der Waals surface area contributed by atoms with E-state index in [4.69, 9.17) is 16.3 Å². The Morgan fingerprint density at radius 2 is 1.96 bits per heavy atom. The summed E-state index contributed by atoms with van der Waals surface area (Å²) in [6.45, 7) is 8.62. The van der Waals surface area contributed by atoms with Crippen LogP contribution in [-0.2, 0) is 4.79 Å². The third-order valence-corrected chi connectivity index (χ3v) is 3.81. The van der Waals surface area contributed by atoms with Gasteiger partial charge in [-0.2, -0.15) is 0 Å². The minimum Gasteiger partial charge on any atom is -0.437 e. The molecule has 5 nitrogen and oxygen atoms in total. The molecule has 0 unspecified atom stereocenters. The summed E-state index contributed by atoms with van der Waals surface area (Å²) in [6, 6.07) is 3.21. The number of anilines is 1. The smallest absolute Gasteiger partial charge is 0.239 e. The number of rotatable bonds is 4. The van der Waals surface area contributed by atoms with Crippen LogP contribution in [0.5, 0.6) is 11.6 Å². The zero-order chi connectivity index (χ0) is 18.0. The molecule has 0 saturated heterocycles. The summed E-state index contributed by atoms with van der Waals surface area (Å²) in [4.78, 5) is 11.2. The van der Waals surface area contributed by atoms with Gasteiger partial charge in [0, 0.05) is 18.6 Å². The number of hydrogen-bond donors (Lipinski definition) is 1. The first kappa shape index (κ1) is 18.1. The number of amides is 1. The second kappa shape index (κ2) is 7.13. The van der Waals surface area contributed by atoms with E-state index in [2.05, 4.69) is 15.5 Å². The number of aryl methyl sites for hydroxylation is 1. The Morgan fingerprint density at radius 1 is 1.29 bits per heavy atom. The number of benzene rings is 1. The van der Waals surface area contributed by atoms with Gasteiger partial charge in [0.15, 0.2) is 11.0 Å². The van der Waals surface area contributed by atoms with Crippen LogP contribution in [0.15, 0.2) is 12.1 Å². The van der Waals surface area contributed by atoms with Gasteiger partial charge in [-0.05, 0) is 37.0 Å². The third-order valence-electron chi connectivity index (χ3n) is 3.52. The minimum atomic E-state index is -0.545. The summed E-state index contributed by atoms with van der Waals surface area (Å²) in [7, 11) is 0. The lowest BCUT2D eigenvalue weighted by Gasteiger charge is -2.15. The van der Waals surface area contributed by atoms with Crippen molar-refractivity contribution in [2.75, 3.05) is 5.32 Å². The van der Waals surface area contributed by atoms with Gasteiger partial charge in [0.05, 0.1) is 5.69 Å². The summed E-state index contributed by atoms with van der Waals surface area (Å²) >= 11 is 6.02. The summed E-state index contributed by atoms with van der Waals surface area (Å²) in [5, 5.41) is 10.6. The molecular formula is C17H19ClFN3O2. The van der Waals surface area contributed by atoms with Crippen LogP contribution in [0.25, 0.3) is 0 Å². The number of aromatic nitrogens is 2. The van der Waals surface area contributed by atoms with Crippen LogP contribution in [0.2, 0.25) is 5.15 Å². The van der Waals surface area contributed by atoms with Crippen LogP contribution < -0.4 is 10.1 Å². The molecule has 7 heteroatoms. The largest absolute Gasteiger partial charge is 0.437 e. The normalized spacial score (nSPS) is 10.8. The molecule has 2 aromatic rings. The summed E-state index contributed by atoms with van der Waals surface area (Å²) in [5.41, 5.74) is 1.87. The molecule has 0 spiro atoms. The van der Waals surface area contributed by atoms with Gasteiger partial charge >= 0.3 is 0 Å². The van der Waals surface area contributed by atoms with Gasteiger partial charge in [-0.25, -0.2) is 4.39 Å². The number of hydrogen-bond acceptors (Lipinski definition) is 4. The fourth-order valence-electron chi connectivity index (χ4n) is 2.31. The van der Waals surface area contributed by atoms with Gasteiger partial charge in [-0.1, -0.05) is 25.4 Å². The fourth-order valence-corrected chi connectivity index (χ4v) is 2.62. The number of nitrogens with zero attached hydrogens (tertiary/aromatic N) is 2. The maximum absolute atomic E-state index is 14.4. The molecule has 1 aromatic heterocycles. The Hall–Kier alpha value is -2.21. The number of nitrogens with one attached hydrogen (secondary N) is 1. The molecule has 0 aliphatic carbocycles. The Morgan fingerprint density at radius 3 is 2.54 bits per heavy atom. The van der Waals surface area contributed by atoms with E-state index in [-0.39, 0.29) is 29.0 Å². The molecule has 0 radical (unpaired) electrons. The van der Waals surface area contributed by atoms with Crippen molar-refractivity contribution in [1.29, 1.82) is 0 Å². The molecule has 1 amide bonds. The van der Waals surface area contributed by atoms with Gasteiger partial charge in [0.2, 0.25) is 11.8 Å². The third kappa shape index (κ3) is 3.82. The standard InChI is InChI=1S/C17H19ClFN3O2/c1-8(2)12-7-14(21-22-17(12)18)24-16-9(3)6-13(20-11(5)23)15(19)10(16)4/h6-8H,1-5H3,(H,20,23). The quantitative estimate of drug-likeness (QED) is 0.862. The Labute approximate surface area is 145 Å². The molecule has 1 heterocycles. The van der Waals surface area contributed by atoms with Crippen molar-refractivity contribution < 1.29 is 13.9 Å². The molecule has 2 rings (SSSR count). The van der Waals surface area contributed by atoms with E-state index in [9.17, 15) is 9.18 Å². The van der Waals surface area contributed by atoms with Crippen LogP contribution in [0.4, 0.5) is 10.1 Å². The van der Waals surface area contributed by atoms with Gasteiger partial charge in [-0.3, -0.25) is 4.79 Å². The first-order valence-electron chi connectivity index (χ1n) is 7.49. The first-order valence-corrected chi connectivity index (χ1v) is 7.86. The SMILES string of the molecule is CC(=O)Nc1cc(C)c(Oc2cc(C(C)C)c(Cl)nn2)c(C)c1F. The van der Waals surface area contributed by atoms with Crippen LogP contribution >= 0.6 is 11.6 Å². The maximum Gasteiger partial charge on any atom is 0.239 e. The highest BCUT2D eigenvalue weighted by molar-refractivity contribution is 6.30. The van der Waals surface area contributed by atoms with Crippen molar-refractivity contribution in [1.82, 2.24) is 10.2 Å². The van der Waals surface area contributed by atoms with E-state index in [1.165, 1.54) is 13.0 Å². The molecule has 1 N–H and O–H groups in total. The van der Waals surface area contributed by atoms with Crippen molar-refractivity contribution >= 4 is 23.2 Å². The number of carbonyl (C=O) groups is 1. The molecule has 1 aromatic carbocycles. The van der Waals surface area contributed by atoms with Gasteiger partial charge < -0.3 is 10.1 Å². The molecule has 0 aliphatic rings. The van der Waals surface area contributed by atoms with Crippen molar-refractivity contribution in [3.05, 3.63) is 39.8 Å². The van der Waals surface area contributed by atoms with Gasteiger partial charge in [0.25, 0.3) is 0 Å². The second-order valence-corrected chi connectivity index (χ2v) is 6.23. The molecular weight excluding hydrogens is 333 g/mol. The van der Waals surface area contributed by atoms with Crippen molar-refractivity contribution in [3.63, 3.8) is 0 Å². The Balaban J connectivity index is 2.42. The summed E-state index contributed by atoms with van der Waals surface area (Å²) < 4.78 is 20.2. The predicted molar refractivity (Wildman–Crippen MR) is 91.4 cm³/mol. The van der Waals surface area contributed by atoms with E-state index >= 15 is 0 Å². The Kier molecular flexibility index (Phi) is 5.39. The van der Waals surface area contributed by atoms with E-state index in [1.54, 1.807) is 19.9 Å². The topological polar surface area (TPSA) is 64.1 Å². The van der Waals surface area contributed by atoms with E-state index < -0.39 is 5.82 Å². The lowest BCUT2D eigenvalue weighted by Crippen LogP contribution is -2.09. The molecule has 0 atom stereocenters. The Bertz CT molecular complexity index is 794. The van der Waals surface area contributed by atoms with Crippen LogP contribution in [0.3, 0.4) is 0 Å². The average Bonchev–Trinajstić information content (AvgIpc) is 2.49. The van der Waals surface area contributed by atoms with Crippen molar-refractivity contribution in [2.45, 2.75) is 40.5 Å². The number of halogens is 2. The van der Waals surface area contributed by atoms with Crippen molar-refractivity contribution in [2.24, 2.45) is 0 Å². The number of ether oxygens (including phenoxy) is 1. The van der Waals surface area contributed by atoms with Crippen LogP contribution in [-0.4, -0.2) is 16.1 Å². The van der Waals surface area contributed by atoms with Crippen molar-refractivity contribution in [3.8, 4) is 11.6 Å². The van der Waals surface area contributed by atoms with Crippen LogP contribution in [0.1, 0.15) is 43.4 Å². The highest BCUT2D eigenvalue weighted by Crippen LogP contribution is 2.34. The van der Waals surface area contributed by atoms with E-state index in [1.807, 2.05) is 13.8 Å². The first-order chi connectivity index (χ1) is 11.2. The number of carbonyl (C=O) groups excluding carboxylic acids is 1. The molecule has 0 bridgehead atoms. The minimum absolute atomic E-state index is 0.120. The van der Waals surface area contributed by atoms with Gasteiger partial charge in [-0.15, -0.1) is 10.2 Å². The molecule has 128 valence electrons. The highest BCUT2D eigenvalue weighted by Gasteiger charge is 2.17. The average molecular weight is 352 g/mol. The summed E-state index contributed by atoms with van der Waals surface area (Å²) in [5.74, 6) is -0.159. The van der Waals surface area contributed by atoms with Gasteiger partial charge in [0.1, 0.15) is 5.75 Å². The molecule has 0 saturated carbocycles. The predicted octanol–water partition coefficient (Wildman–Crippen LogP) is 4.76. The molecule has 0 aliphatic heterocycles. The maximum atomic E-state index is 14.4. The lowest BCUT2D eigenvalue weighted by atomic mass is 10.1. The highest BCUT2D eigenvalue weighted by atomic mass is 35.5. The fraction of sp³-hybridized carbons (Fsp3) is 0.353. The van der Waals surface area contributed by atoms with E-state index in [0.29, 0.717) is 16.5 Å². The monoisotopic (exact) mass is 351 g/mol. The second-order valence-electron chi connectivity index (χ2n) is 5.88. The molecule has 0 fully saturated rings. The zero-order valence-corrected chi connectivity index (χ0v) is 15.0. The lowest BCUT2D eigenvalue weighted by molar-refractivity contribution is -0.114. The summed E-state index contributed by atoms with van der Waals surface area (Å²) in [6.07, 6.45) is 0. The van der Waals surface area contributed by atoms with Crippen LogP contribution in [0, 0.1) is 19.7 Å². The van der Waals surface area contributed by atoms with E-state index in [0.717, 1.165) is 5.56 Å².